The molecule has 1 aliphatic carbocycles. The Hall–Kier alpha value is -0.770. The van der Waals surface area contributed by atoms with Crippen LogP contribution in [0.5, 0.6) is 5.75 Å². The smallest absolute Gasteiger partial charge is 0.137 e. The molecule has 4 heteroatoms. The first-order valence-corrected chi connectivity index (χ1v) is 7.97. The molecule has 1 aliphatic heterocycles. The van der Waals surface area contributed by atoms with Crippen LogP contribution in [0.25, 0.3) is 0 Å². The van der Waals surface area contributed by atoms with Gasteiger partial charge in [-0.25, -0.2) is 0 Å². The monoisotopic (exact) mass is 294 g/mol. The number of hydrogen-bond donors (Lipinski definition) is 1. The molecule has 1 saturated heterocycles. The molecule has 0 spiro atoms. The molecule has 0 aromatic heterocycles. The largest absolute Gasteiger partial charge is 0.491 e. The summed E-state index contributed by atoms with van der Waals surface area (Å²) >= 11 is 6.09. The van der Waals surface area contributed by atoms with E-state index in [4.69, 9.17) is 16.3 Å². The SMILES string of the molecule is CCN(CCOc1ccccc1Cl)CC1[C@H]2CNC[C@@H]12. The van der Waals surface area contributed by atoms with Gasteiger partial charge in [0.25, 0.3) is 0 Å². The van der Waals surface area contributed by atoms with Crippen molar-refractivity contribution in [2.45, 2.75) is 6.92 Å². The van der Waals surface area contributed by atoms with Crippen LogP contribution in [0.3, 0.4) is 0 Å². The Balaban J connectivity index is 1.41. The molecule has 1 heterocycles. The van der Waals surface area contributed by atoms with E-state index in [0.717, 1.165) is 36.6 Å². The standard InChI is InChI=1S/C16H23ClN2O/c1-2-19(11-14-12-9-18-10-13(12)14)7-8-20-16-6-4-3-5-15(16)17/h3-6,12-14,18H,2,7-11H2,1H3/t12-,13+,14?. The molecule has 3 nitrogen and oxygen atoms in total. The van der Waals surface area contributed by atoms with E-state index < -0.39 is 0 Å². The third-order valence-corrected chi connectivity index (χ3v) is 5.00. The Bertz CT molecular complexity index is 444. The highest BCUT2D eigenvalue weighted by molar-refractivity contribution is 6.32. The van der Waals surface area contributed by atoms with E-state index in [0.29, 0.717) is 11.6 Å². The van der Waals surface area contributed by atoms with Crippen molar-refractivity contribution in [3.8, 4) is 5.75 Å². The third-order valence-electron chi connectivity index (χ3n) is 4.69. The summed E-state index contributed by atoms with van der Waals surface area (Å²) in [5.74, 6) is 3.58. The number of para-hydroxylation sites is 1. The summed E-state index contributed by atoms with van der Waals surface area (Å²) in [4.78, 5) is 2.50. The summed E-state index contributed by atoms with van der Waals surface area (Å²) in [5, 5.41) is 4.15. The number of ether oxygens (including phenoxy) is 1. The molecule has 20 heavy (non-hydrogen) atoms. The van der Waals surface area contributed by atoms with E-state index in [1.54, 1.807) is 0 Å². The Kier molecular flexibility index (Phi) is 4.49. The lowest BCUT2D eigenvalue weighted by Crippen LogP contribution is -2.32. The lowest BCUT2D eigenvalue weighted by molar-refractivity contribution is 0.204. The fraction of sp³-hybridized carbons (Fsp3) is 0.625. The lowest BCUT2D eigenvalue weighted by atomic mass is 10.2. The molecule has 2 aliphatic rings. The van der Waals surface area contributed by atoms with Gasteiger partial charge in [0.05, 0.1) is 5.02 Å². The van der Waals surface area contributed by atoms with E-state index >= 15 is 0 Å². The number of nitrogens with zero attached hydrogens (tertiary/aromatic N) is 1. The molecule has 1 aromatic carbocycles. The highest BCUT2D eigenvalue weighted by Gasteiger charge is 2.52. The highest BCUT2D eigenvalue weighted by Crippen LogP contribution is 2.48. The van der Waals surface area contributed by atoms with Gasteiger partial charge < -0.3 is 10.1 Å². The molecule has 110 valence electrons. The first kappa shape index (κ1) is 14.2. The molecular formula is C16H23ClN2O. The summed E-state index contributed by atoms with van der Waals surface area (Å²) in [6.45, 7) is 8.68. The minimum Gasteiger partial charge on any atom is -0.491 e. The van der Waals surface area contributed by atoms with Crippen LogP contribution in [0.15, 0.2) is 24.3 Å². The van der Waals surface area contributed by atoms with Gasteiger partial charge in [0.15, 0.2) is 0 Å². The summed E-state index contributed by atoms with van der Waals surface area (Å²) in [6, 6.07) is 7.67. The Morgan fingerprint density at radius 3 is 2.75 bits per heavy atom. The number of benzene rings is 1. The summed E-state index contributed by atoms with van der Waals surface area (Å²) < 4.78 is 5.78. The van der Waals surface area contributed by atoms with Crippen LogP contribution in [-0.2, 0) is 0 Å². The van der Waals surface area contributed by atoms with Crippen LogP contribution in [0, 0.1) is 17.8 Å². The fourth-order valence-corrected chi connectivity index (χ4v) is 3.53. The number of piperidine rings is 1. The fourth-order valence-electron chi connectivity index (χ4n) is 3.34. The molecule has 3 atom stereocenters. The maximum atomic E-state index is 6.09. The Morgan fingerprint density at radius 1 is 1.30 bits per heavy atom. The second kappa shape index (κ2) is 6.33. The molecule has 1 saturated carbocycles. The molecule has 3 rings (SSSR count). The maximum Gasteiger partial charge on any atom is 0.137 e. The van der Waals surface area contributed by atoms with E-state index in [-0.39, 0.29) is 0 Å². The summed E-state index contributed by atoms with van der Waals surface area (Å²) in [7, 11) is 0. The number of likely N-dealkylation sites (N-methyl/N-ethyl adjacent to an activating group) is 1. The van der Waals surface area contributed by atoms with Crippen molar-refractivity contribution in [2.75, 3.05) is 39.3 Å². The average molecular weight is 295 g/mol. The number of hydrogen-bond acceptors (Lipinski definition) is 3. The molecule has 0 radical (unpaired) electrons. The molecular weight excluding hydrogens is 272 g/mol. The van der Waals surface area contributed by atoms with Crippen LogP contribution in [0.1, 0.15) is 6.92 Å². The van der Waals surface area contributed by atoms with Crippen molar-refractivity contribution in [1.82, 2.24) is 10.2 Å². The Labute approximate surface area is 126 Å². The lowest BCUT2D eigenvalue weighted by Gasteiger charge is -2.21. The summed E-state index contributed by atoms with van der Waals surface area (Å²) in [5.41, 5.74) is 0. The van der Waals surface area contributed by atoms with Gasteiger partial charge in [0, 0.05) is 13.1 Å². The van der Waals surface area contributed by atoms with Crippen LogP contribution < -0.4 is 10.1 Å². The van der Waals surface area contributed by atoms with E-state index in [2.05, 4.69) is 17.1 Å². The Morgan fingerprint density at radius 2 is 2.05 bits per heavy atom. The van der Waals surface area contributed by atoms with Crippen LogP contribution in [-0.4, -0.2) is 44.2 Å². The van der Waals surface area contributed by atoms with Gasteiger partial charge in [0.1, 0.15) is 12.4 Å². The van der Waals surface area contributed by atoms with Crippen LogP contribution in [0.2, 0.25) is 5.02 Å². The second-order valence-corrected chi connectivity index (χ2v) is 6.23. The quantitative estimate of drug-likeness (QED) is 0.836. The molecule has 0 amide bonds. The zero-order chi connectivity index (χ0) is 13.9. The zero-order valence-corrected chi connectivity index (χ0v) is 12.8. The zero-order valence-electron chi connectivity index (χ0n) is 12.0. The number of halogens is 1. The molecule has 1 unspecified atom stereocenters. The van der Waals surface area contributed by atoms with Gasteiger partial charge in [-0.1, -0.05) is 30.7 Å². The molecule has 2 fully saturated rings. The van der Waals surface area contributed by atoms with E-state index in [9.17, 15) is 0 Å². The molecule has 0 bridgehead atoms. The van der Waals surface area contributed by atoms with Crippen molar-refractivity contribution >= 4 is 11.6 Å². The number of nitrogens with one attached hydrogen (secondary N) is 1. The molecule has 1 N–H and O–H groups in total. The first-order chi connectivity index (χ1) is 9.79. The van der Waals surface area contributed by atoms with Gasteiger partial charge in [-0.15, -0.1) is 0 Å². The van der Waals surface area contributed by atoms with Crippen LogP contribution in [0.4, 0.5) is 0 Å². The predicted octanol–water partition coefficient (Wildman–Crippen LogP) is 2.51. The minimum atomic E-state index is 0.693. The number of fused-ring (bicyclic) bond motifs is 1. The first-order valence-electron chi connectivity index (χ1n) is 7.60. The normalized spacial score (nSPS) is 27.6. The van der Waals surface area contributed by atoms with Gasteiger partial charge in [-0.3, -0.25) is 4.90 Å². The van der Waals surface area contributed by atoms with Crippen molar-refractivity contribution in [3.63, 3.8) is 0 Å². The van der Waals surface area contributed by atoms with Crippen molar-refractivity contribution in [3.05, 3.63) is 29.3 Å². The van der Waals surface area contributed by atoms with Gasteiger partial charge in [0.2, 0.25) is 0 Å². The third kappa shape index (κ3) is 3.11. The topological polar surface area (TPSA) is 24.5 Å². The van der Waals surface area contributed by atoms with Crippen LogP contribution >= 0.6 is 11.6 Å². The second-order valence-electron chi connectivity index (χ2n) is 5.82. The van der Waals surface area contributed by atoms with Crippen molar-refractivity contribution < 1.29 is 4.74 Å². The minimum absolute atomic E-state index is 0.693. The summed E-state index contributed by atoms with van der Waals surface area (Å²) in [6.07, 6.45) is 0. The van der Waals surface area contributed by atoms with Crippen molar-refractivity contribution in [2.24, 2.45) is 17.8 Å². The van der Waals surface area contributed by atoms with Gasteiger partial charge in [-0.2, -0.15) is 0 Å². The maximum absolute atomic E-state index is 6.09. The van der Waals surface area contributed by atoms with E-state index in [1.165, 1.54) is 19.6 Å². The number of rotatable bonds is 7. The molecule has 1 aromatic rings. The van der Waals surface area contributed by atoms with E-state index in [1.807, 2.05) is 24.3 Å². The average Bonchev–Trinajstić information content (AvgIpc) is 2.88. The van der Waals surface area contributed by atoms with Gasteiger partial charge in [-0.05, 0) is 49.5 Å². The predicted molar refractivity (Wildman–Crippen MR) is 82.4 cm³/mol. The highest BCUT2D eigenvalue weighted by atomic mass is 35.5. The van der Waals surface area contributed by atoms with Crippen molar-refractivity contribution in [1.29, 1.82) is 0 Å². The van der Waals surface area contributed by atoms with Gasteiger partial charge >= 0.3 is 0 Å².